The van der Waals surface area contributed by atoms with Gasteiger partial charge in [-0.1, -0.05) is 12.1 Å². The molecule has 4 nitrogen and oxygen atoms in total. The van der Waals surface area contributed by atoms with Crippen LogP contribution in [-0.2, 0) is 6.42 Å². The van der Waals surface area contributed by atoms with E-state index in [1.807, 2.05) is 31.2 Å². The van der Waals surface area contributed by atoms with E-state index in [9.17, 15) is 13.2 Å². The lowest BCUT2D eigenvalue weighted by molar-refractivity contribution is -0.132. The summed E-state index contributed by atoms with van der Waals surface area (Å²) in [4.78, 5) is 8.86. The van der Waals surface area contributed by atoms with Gasteiger partial charge in [-0.15, -0.1) is 35.3 Å². The van der Waals surface area contributed by atoms with E-state index in [2.05, 4.69) is 20.6 Å². The van der Waals surface area contributed by atoms with Crippen LogP contribution in [0.5, 0.6) is 0 Å². The van der Waals surface area contributed by atoms with Crippen molar-refractivity contribution in [1.82, 2.24) is 15.6 Å². The van der Waals surface area contributed by atoms with E-state index in [1.54, 1.807) is 11.3 Å². The van der Waals surface area contributed by atoms with E-state index in [-0.39, 0.29) is 30.5 Å². The third kappa shape index (κ3) is 8.21. The first-order chi connectivity index (χ1) is 11.5. The smallest absolute Gasteiger partial charge is 0.357 e. The molecular weight excluding hydrogens is 464 g/mol. The fourth-order valence-electron chi connectivity index (χ4n) is 2.11. The minimum Gasteiger partial charge on any atom is -0.357 e. The molecule has 1 heterocycles. The number of halogens is 4. The third-order valence-corrected chi connectivity index (χ3v) is 4.30. The minimum absolute atomic E-state index is 0. The topological polar surface area (TPSA) is 49.3 Å². The van der Waals surface area contributed by atoms with Gasteiger partial charge in [0, 0.05) is 26.1 Å². The van der Waals surface area contributed by atoms with Crippen LogP contribution in [0.2, 0.25) is 0 Å². The summed E-state index contributed by atoms with van der Waals surface area (Å²) in [5, 5.41) is 6.71. The van der Waals surface area contributed by atoms with Gasteiger partial charge in [0.2, 0.25) is 0 Å². The highest BCUT2D eigenvalue weighted by atomic mass is 127. The summed E-state index contributed by atoms with van der Waals surface area (Å²) in [7, 11) is 0. The second kappa shape index (κ2) is 10.8. The zero-order chi connectivity index (χ0) is 17.4. The van der Waals surface area contributed by atoms with Gasteiger partial charge < -0.3 is 10.6 Å². The van der Waals surface area contributed by atoms with Gasteiger partial charge >= 0.3 is 6.18 Å². The Morgan fingerprint density at radius 1 is 1.24 bits per heavy atom. The molecule has 0 bridgehead atoms. The van der Waals surface area contributed by atoms with E-state index < -0.39 is 12.6 Å². The van der Waals surface area contributed by atoms with Crippen molar-refractivity contribution in [2.24, 2.45) is 4.99 Å². The Morgan fingerprint density at radius 3 is 2.68 bits per heavy atom. The number of thiazole rings is 1. The van der Waals surface area contributed by atoms with Crippen molar-refractivity contribution in [2.75, 3.05) is 19.6 Å². The number of hydrogen-bond acceptors (Lipinski definition) is 3. The largest absolute Gasteiger partial charge is 0.390 e. The van der Waals surface area contributed by atoms with Gasteiger partial charge in [0.05, 0.1) is 21.6 Å². The van der Waals surface area contributed by atoms with Gasteiger partial charge in [-0.05, 0) is 25.5 Å². The van der Waals surface area contributed by atoms with Crippen molar-refractivity contribution in [1.29, 1.82) is 0 Å². The van der Waals surface area contributed by atoms with Crippen molar-refractivity contribution in [2.45, 2.75) is 32.4 Å². The van der Waals surface area contributed by atoms with Gasteiger partial charge in [0.25, 0.3) is 0 Å². The Morgan fingerprint density at radius 2 is 2.00 bits per heavy atom. The molecule has 2 aromatic rings. The predicted molar refractivity (Wildman–Crippen MR) is 108 cm³/mol. The van der Waals surface area contributed by atoms with Crippen LogP contribution in [0, 0.1) is 0 Å². The number of alkyl halides is 3. The summed E-state index contributed by atoms with van der Waals surface area (Å²) in [5.74, 6) is 0.422. The van der Waals surface area contributed by atoms with Gasteiger partial charge in [-0.25, -0.2) is 4.98 Å². The van der Waals surface area contributed by atoms with Gasteiger partial charge in [0.1, 0.15) is 0 Å². The summed E-state index contributed by atoms with van der Waals surface area (Å²) < 4.78 is 37.7. The first-order valence-electron chi connectivity index (χ1n) is 7.91. The number of aliphatic imine (C=N–C) groups is 1. The normalized spacial score (nSPS) is 12.1. The molecule has 0 spiro atoms. The summed E-state index contributed by atoms with van der Waals surface area (Å²) in [6.45, 7) is 2.85. The first-order valence-corrected chi connectivity index (χ1v) is 8.73. The SMILES string of the molecule is CCNC(=NCCCc1nc2ccccc2s1)NCCC(F)(F)F.I. The van der Waals surface area contributed by atoms with Crippen LogP contribution in [0.1, 0.15) is 24.8 Å². The van der Waals surface area contributed by atoms with E-state index in [0.717, 1.165) is 28.1 Å². The highest BCUT2D eigenvalue weighted by Crippen LogP contribution is 2.22. The average Bonchev–Trinajstić information content (AvgIpc) is 2.93. The van der Waals surface area contributed by atoms with Crippen molar-refractivity contribution in [3.8, 4) is 0 Å². The van der Waals surface area contributed by atoms with Crippen LogP contribution in [0.3, 0.4) is 0 Å². The number of hydrogen-bond donors (Lipinski definition) is 2. The molecule has 0 unspecified atom stereocenters. The molecule has 0 aliphatic rings. The average molecular weight is 486 g/mol. The zero-order valence-electron chi connectivity index (χ0n) is 13.9. The number of guanidine groups is 1. The highest BCUT2D eigenvalue weighted by molar-refractivity contribution is 14.0. The first kappa shape index (κ1) is 21.9. The number of benzene rings is 1. The van der Waals surface area contributed by atoms with Crippen molar-refractivity contribution >= 4 is 51.5 Å². The van der Waals surface area contributed by atoms with Gasteiger partial charge in [-0.3, -0.25) is 4.99 Å². The fourth-order valence-corrected chi connectivity index (χ4v) is 3.12. The van der Waals surface area contributed by atoms with Gasteiger partial charge in [-0.2, -0.15) is 13.2 Å². The van der Waals surface area contributed by atoms with Crippen molar-refractivity contribution in [3.63, 3.8) is 0 Å². The second-order valence-corrected chi connectivity index (χ2v) is 6.35. The second-order valence-electron chi connectivity index (χ2n) is 5.23. The molecule has 0 radical (unpaired) electrons. The Labute approximate surface area is 166 Å². The monoisotopic (exact) mass is 486 g/mol. The summed E-state index contributed by atoms with van der Waals surface area (Å²) in [6.07, 6.45) is -3.42. The molecule has 0 atom stereocenters. The van der Waals surface area contributed by atoms with E-state index in [4.69, 9.17) is 0 Å². The molecule has 25 heavy (non-hydrogen) atoms. The number of nitrogens with zero attached hydrogens (tertiary/aromatic N) is 2. The van der Waals surface area contributed by atoms with E-state index >= 15 is 0 Å². The molecule has 0 saturated carbocycles. The summed E-state index contributed by atoms with van der Waals surface area (Å²) in [5.41, 5.74) is 1.00. The molecule has 0 aliphatic heterocycles. The maximum atomic E-state index is 12.2. The summed E-state index contributed by atoms with van der Waals surface area (Å²) >= 11 is 1.67. The fraction of sp³-hybridized carbons (Fsp3) is 0.500. The number of nitrogens with one attached hydrogen (secondary N) is 2. The number of rotatable bonds is 7. The molecule has 1 aromatic heterocycles. The maximum Gasteiger partial charge on any atom is 0.390 e. The molecule has 140 valence electrons. The van der Waals surface area contributed by atoms with Crippen LogP contribution >= 0.6 is 35.3 Å². The molecule has 9 heteroatoms. The van der Waals surface area contributed by atoms with Crippen molar-refractivity contribution < 1.29 is 13.2 Å². The van der Waals surface area contributed by atoms with Crippen LogP contribution in [0.25, 0.3) is 10.2 Å². The Balaban J connectivity index is 0.00000312. The van der Waals surface area contributed by atoms with E-state index in [0.29, 0.717) is 19.0 Å². The number of aryl methyl sites for hydroxylation is 1. The quantitative estimate of drug-likeness (QED) is 0.265. The van der Waals surface area contributed by atoms with E-state index in [1.165, 1.54) is 0 Å². The van der Waals surface area contributed by atoms with Crippen LogP contribution in [0.4, 0.5) is 13.2 Å². The number of fused-ring (bicyclic) bond motifs is 1. The lowest BCUT2D eigenvalue weighted by Gasteiger charge is -2.12. The minimum atomic E-state index is -4.16. The molecule has 0 aliphatic carbocycles. The molecule has 0 fully saturated rings. The standard InChI is InChI=1S/C16H21F3N4S.HI/c1-2-20-15(22-11-9-16(17,18)19)21-10-5-8-14-23-12-6-3-4-7-13(12)24-14;/h3-4,6-7H,2,5,8-11H2,1H3,(H2,20,21,22);1H. The molecule has 0 amide bonds. The zero-order valence-corrected chi connectivity index (χ0v) is 17.0. The summed E-state index contributed by atoms with van der Waals surface area (Å²) in [6, 6.07) is 7.99. The lowest BCUT2D eigenvalue weighted by Crippen LogP contribution is -2.39. The van der Waals surface area contributed by atoms with Gasteiger partial charge in [0.15, 0.2) is 5.96 Å². The van der Waals surface area contributed by atoms with Crippen LogP contribution < -0.4 is 10.6 Å². The number of aromatic nitrogens is 1. The van der Waals surface area contributed by atoms with Crippen LogP contribution in [0.15, 0.2) is 29.3 Å². The molecule has 2 rings (SSSR count). The number of para-hydroxylation sites is 1. The Hall–Kier alpha value is -1.10. The lowest BCUT2D eigenvalue weighted by atomic mass is 10.3. The predicted octanol–water partition coefficient (Wildman–Crippen LogP) is 4.35. The molecular formula is C16H22F3IN4S. The highest BCUT2D eigenvalue weighted by Gasteiger charge is 2.26. The molecule has 1 aromatic carbocycles. The Bertz CT molecular complexity index is 640. The third-order valence-electron chi connectivity index (χ3n) is 3.20. The Kier molecular flexibility index (Phi) is 9.47. The molecule has 0 saturated heterocycles. The molecule has 2 N–H and O–H groups in total. The van der Waals surface area contributed by atoms with Crippen molar-refractivity contribution in [3.05, 3.63) is 29.3 Å². The maximum absolute atomic E-state index is 12.2. The van der Waals surface area contributed by atoms with Crippen LogP contribution in [-0.4, -0.2) is 36.8 Å².